The summed E-state index contributed by atoms with van der Waals surface area (Å²) in [6.07, 6.45) is -0.693. The average molecular weight is 216 g/mol. The maximum atomic E-state index is 11.4. The predicted molar refractivity (Wildman–Crippen MR) is 50.0 cm³/mol. The maximum Gasteiger partial charge on any atom is 0.340 e. The van der Waals surface area contributed by atoms with Gasteiger partial charge in [0.1, 0.15) is 18.3 Å². The molecule has 3 atom stereocenters. The fourth-order valence-electron chi connectivity index (χ4n) is 2.32. The molecule has 2 aliphatic heterocycles. The standard InChI is InChI=1S/C10H16O5/c1-8(2)14-6-9(3,15-8)5-13-7(11)10(6,4)12/h6,12H,5H2,1-4H3/t6-,9-,10+/m1/s1. The lowest BCUT2D eigenvalue weighted by Crippen LogP contribution is -2.63. The van der Waals surface area contributed by atoms with Crippen molar-refractivity contribution in [3.63, 3.8) is 0 Å². The number of rotatable bonds is 0. The summed E-state index contributed by atoms with van der Waals surface area (Å²) >= 11 is 0. The Kier molecular flexibility index (Phi) is 1.97. The number of carbonyl (C=O) groups is 1. The molecule has 0 bridgehead atoms. The zero-order valence-corrected chi connectivity index (χ0v) is 9.36. The van der Waals surface area contributed by atoms with Gasteiger partial charge in [-0.3, -0.25) is 0 Å². The zero-order chi connectivity index (χ0) is 11.5. The number of fused-ring (bicyclic) bond motifs is 1. The molecule has 0 radical (unpaired) electrons. The highest BCUT2D eigenvalue weighted by molar-refractivity contribution is 5.81. The smallest absolute Gasteiger partial charge is 0.340 e. The Hall–Kier alpha value is -0.650. The highest BCUT2D eigenvalue weighted by atomic mass is 16.8. The van der Waals surface area contributed by atoms with Crippen LogP contribution in [-0.4, -0.2) is 40.8 Å². The third-order valence-electron chi connectivity index (χ3n) is 2.85. The third-order valence-corrected chi connectivity index (χ3v) is 2.85. The van der Waals surface area contributed by atoms with E-state index in [2.05, 4.69) is 0 Å². The molecule has 2 saturated heterocycles. The molecule has 0 saturated carbocycles. The highest BCUT2D eigenvalue weighted by Crippen LogP contribution is 2.44. The van der Waals surface area contributed by atoms with Gasteiger partial charge in [-0.2, -0.15) is 0 Å². The van der Waals surface area contributed by atoms with E-state index in [1.807, 2.05) is 0 Å². The lowest BCUT2D eigenvalue weighted by Gasteiger charge is -2.40. The Labute approximate surface area is 88.3 Å². The second-order valence-electron chi connectivity index (χ2n) is 5.04. The van der Waals surface area contributed by atoms with E-state index in [0.29, 0.717) is 0 Å². The van der Waals surface area contributed by atoms with Gasteiger partial charge in [0.25, 0.3) is 0 Å². The summed E-state index contributed by atoms with van der Waals surface area (Å²) in [7, 11) is 0. The summed E-state index contributed by atoms with van der Waals surface area (Å²) in [5.74, 6) is -1.47. The van der Waals surface area contributed by atoms with Crippen LogP contribution >= 0.6 is 0 Å². The Bertz CT molecular complexity index is 309. The molecule has 0 aromatic carbocycles. The molecule has 2 rings (SSSR count). The van der Waals surface area contributed by atoms with E-state index >= 15 is 0 Å². The SMILES string of the molecule is CC1(C)O[C@@H]2[C@@](C)(COC(=O)[C@@]2(C)O)O1. The van der Waals surface area contributed by atoms with Crippen molar-refractivity contribution < 1.29 is 24.1 Å². The molecule has 0 spiro atoms. The van der Waals surface area contributed by atoms with Crippen LogP contribution in [0.5, 0.6) is 0 Å². The van der Waals surface area contributed by atoms with Gasteiger partial charge in [0.2, 0.25) is 0 Å². The van der Waals surface area contributed by atoms with Gasteiger partial charge in [0.05, 0.1) is 0 Å². The molecular formula is C10H16O5. The Balaban J connectivity index is 2.37. The van der Waals surface area contributed by atoms with Gasteiger partial charge in [-0.25, -0.2) is 4.79 Å². The normalized spacial score (nSPS) is 48.6. The third kappa shape index (κ3) is 1.46. The van der Waals surface area contributed by atoms with Gasteiger partial charge in [-0.1, -0.05) is 0 Å². The zero-order valence-electron chi connectivity index (χ0n) is 9.36. The Morgan fingerprint density at radius 2 is 1.93 bits per heavy atom. The minimum atomic E-state index is -1.65. The minimum absolute atomic E-state index is 0.107. The van der Waals surface area contributed by atoms with Crippen LogP contribution in [0.3, 0.4) is 0 Å². The van der Waals surface area contributed by atoms with E-state index in [9.17, 15) is 9.90 Å². The molecule has 0 amide bonds. The topological polar surface area (TPSA) is 65.0 Å². The van der Waals surface area contributed by atoms with Crippen molar-refractivity contribution in [1.29, 1.82) is 0 Å². The molecule has 5 heteroatoms. The van der Waals surface area contributed by atoms with Crippen LogP contribution in [0.15, 0.2) is 0 Å². The van der Waals surface area contributed by atoms with Crippen LogP contribution in [0.2, 0.25) is 0 Å². The molecule has 1 N–H and O–H groups in total. The first kappa shape index (κ1) is 10.9. The Morgan fingerprint density at radius 1 is 1.33 bits per heavy atom. The molecule has 2 aliphatic rings. The van der Waals surface area contributed by atoms with E-state index in [1.54, 1.807) is 20.8 Å². The van der Waals surface area contributed by atoms with Crippen molar-refractivity contribution in [3.05, 3.63) is 0 Å². The molecule has 86 valence electrons. The average Bonchev–Trinajstić information content (AvgIpc) is 2.32. The number of hydrogen-bond acceptors (Lipinski definition) is 5. The first-order valence-electron chi connectivity index (χ1n) is 4.95. The summed E-state index contributed by atoms with van der Waals surface area (Å²) in [4.78, 5) is 11.4. The van der Waals surface area contributed by atoms with Gasteiger partial charge in [-0.05, 0) is 27.7 Å². The van der Waals surface area contributed by atoms with Crippen molar-refractivity contribution in [3.8, 4) is 0 Å². The van der Waals surface area contributed by atoms with Crippen molar-refractivity contribution in [2.24, 2.45) is 0 Å². The van der Waals surface area contributed by atoms with Crippen LogP contribution in [0.4, 0.5) is 0 Å². The molecule has 0 aromatic heterocycles. The van der Waals surface area contributed by atoms with E-state index in [-0.39, 0.29) is 6.61 Å². The van der Waals surface area contributed by atoms with Crippen molar-refractivity contribution in [1.82, 2.24) is 0 Å². The van der Waals surface area contributed by atoms with Gasteiger partial charge in [0.15, 0.2) is 11.4 Å². The lowest BCUT2D eigenvalue weighted by atomic mass is 9.84. The van der Waals surface area contributed by atoms with Crippen LogP contribution in [0.1, 0.15) is 27.7 Å². The van der Waals surface area contributed by atoms with Gasteiger partial charge in [-0.15, -0.1) is 0 Å². The van der Waals surface area contributed by atoms with Gasteiger partial charge < -0.3 is 19.3 Å². The molecule has 0 aliphatic carbocycles. The van der Waals surface area contributed by atoms with Crippen molar-refractivity contribution in [2.75, 3.05) is 6.61 Å². The monoisotopic (exact) mass is 216 g/mol. The molecule has 0 aromatic rings. The second kappa shape index (κ2) is 2.72. The number of esters is 1. The number of cyclic esters (lactones) is 1. The quantitative estimate of drug-likeness (QED) is 0.586. The fraction of sp³-hybridized carbons (Fsp3) is 0.900. The predicted octanol–water partition coefficient (Wildman–Crippen LogP) is 0.204. The van der Waals surface area contributed by atoms with Crippen LogP contribution < -0.4 is 0 Å². The highest BCUT2D eigenvalue weighted by Gasteiger charge is 2.63. The summed E-state index contributed by atoms with van der Waals surface area (Å²) in [5.41, 5.74) is -2.43. The molecular weight excluding hydrogens is 200 g/mol. The van der Waals surface area contributed by atoms with E-state index in [0.717, 1.165) is 0 Å². The van der Waals surface area contributed by atoms with Gasteiger partial charge >= 0.3 is 5.97 Å². The lowest BCUT2D eigenvalue weighted by molar-refractivity contribution is -0.205. The number of hydrogen-bond donors (Lipinski definition) is 1. The van der Waals surface area contributed by atoms with E-state index < -0.39 is 29.1 Å². The molecule has 2 heterocycles. The largest absolute Gasteiger partial charge is 0.460 e. The number of carbonyl (C=O) groups excluding carboxylic acids is 1. The maximum absolute atomic E-state index is 11.4. The molecule has 0 unspecified atom stereocenters. The summed E-state index contributed by atoms with van der Waals surface area (Å²) in [6.45, 7) is 6.76. The number of ether oxygens (including phenoxy) is 3. The summed E-state index contributed by atoms with van der Waals surface area (Å²) in [5, 5.41) is 10.0. The minimum Gasteiger partial charge on any atom is -0.460 e. The summed E-state index contributed by atoms with van der Waals surface area (Å²) in [6, 6.07) is 0. The van der Waals surface area contributed by atoms with Crippen LogP contribution in [-0.2, 0) is 19.0 Å². The first-order valence-corrected chi connectivity index (χ1v) is 4.95. The fourth-order valence-corrected chi connectivity index (χ4v) is 2.32. The van der Waals surface area contributed by atoms with Crippen molar-refractivity contribution in [2.45, 2.75) is 50.8 Å². The van der Waals surface area contributed by atoms with E-state index in [4.69, 9.17) is 14.2 Å². The molecule has 5 nitrogen and oxygen atoms in total. The first-order chi connectivity index (χ1) is 6.67. The molecule has 15 heavy (non-hydrogen) atoms. The Morgan fingerprint density at radius 3 is 2.53 bits per heavy atom. The van der Waals surface area contributed by atoms with Gasteiger partial charge in [0, 0.05) is 0 Å². The van der Waals surface area contributed by atoms with Crippen LogP contribution in [0.25, 0.3) is 0 Å². The van der Waals surface area contributed by atoms with E-state index in [1.165, 1.54) is 6.92 Å². The summed E-state index contributed by atoms with van der Waals surface area (Å²) < 4.78 is 16.1. The van der Waals surface area contributed by atoms with Crippen molar-refractivity contribution >= 4 is 5.97 Å². The van der Waals surface area contributed by atoms with Crippen LogP contribution in [0, 0.1) is 0 Å². The molecule has 2 fully saturated rings. The number of aliphatic hydroxyl groups is 1. The second-order valence-corrected chi connectivity index (χ2v) is 5.04.